The minimum Gasteiger partial charge on any atom is -0.377 e. The second-order valence-corrected chi connectivity index (χ2v) is 6.88. The van der Waals surface area contributed by atoms with E-state index in [9.17, 15) is 0 Å². The molecule has 1 heteroatoms. The Hall–Kier alpha value is -0.820. The lowest BCUT2D eigenvalue weighted by atomic mass is 9.65. The second kappa shape index (κ2) is 3.01. The van der Waals surface area contributed by atoms with Crippen molar-refractivity contribution in [2.75, 3.05) is 7.11 Å². The zero-order valence-corrected chi connectivity index (χ0v) is 10.9. The summed E-state index contributed by atoms with van der Waals surface area (Å²) >= 11 is 0. The molecule has 0 spiro atoms. The lowest BCUT2D eigenvalue weighted by Crippen LogP contribution is -2.48. The molecule has 1 aromatic rings. The molecule has 0 amide bonds. The molecule has 94 valence electrons. The Balaban J connectivity index is 1.75. The zero-order chi connectivity index (χ0) is 11.9. The van der Waals surface area contributed by atoms with E-state index in [4.69, 9.17) is 4.74 Å². The first-order chi connectivity index (χ1) is 8.86. The summed E-state index contributed by atoms with van der Waals surface area (Å²) in [4.78, 5) is 0. The first-order valence-corrected chi connectivity index (χ1v) is 7.50. The van der Waals surface area contributed by atoms with Gasteiger partial charge in [-0.2, -0.15) is 0 Å². The lowest BCUT2D eigenvalue weighted by Gasteiger charge is -2.46. The van der Waals surface area contributed by atoms with E-state index in [0.717, 1.165) is 23.7 Å². The molecule has 0 saturated heterocycles. The molecule has 4 aliphatic rings. The van der Waals surface area contributed by atoms with Crippen LogP contribution in [0, 0.1) is 17.8 Å². The molecular formula is C17H20O. The van der Waals surface area contributed by atoms with E-state index in [1.807, 2.05) is 7.11 Å². The van der Waals surface area contributed by atoms with Gasteiger partial charge < -0.3 is 4.74 Å². The lowest BCUT2D eigenvalue weighted by molar-refractivity contribution is -0.0949. The van der Waals surface area contributed by atoms with Crippen molar-refractivity contribution in [3.8, 4) is 0 Å². The summed E-state index contributed by atoms with van der Waals surface area (Å²) in [6, 6.07) is 9.18. The van der Waals surface area contributed by atoms with Gasteiger partial charge in [-0.1, -0.05) is 24.3 Å². The number of fused-ring (bicyclic) bond motifs is 12. The Bertz CT molecular complexity index is 522. The molecule has 0 aromatic heterocycles. The van der Waals surface area contributed by atoms with Gasteiger partial charge in [0.25, 0.3) is 0 Å². The van der Waals surface area contributed by atoms with Crippen LogP contribution in [0.4, 0.5) is 0 Å². The summed E-state index contributed by atoms with van der Waals surface area (Å²) in [6.45, 7) is 0. The van der Waals surface area contributed by atoms with E-state index in [2.05, 4.69) is 24.3 Å². The van der Waals surface area contributed by atoms with Crippen molar-refractivity contribution in [3.63, 3.8) is 0 Å². The van der Waals surface area contributed by atoms with Crippen molar-refractivity contribution >= 4 is 0 Å². The van der Waals surface area contributed by atoms with Gasteiger partial charge in [-0.3, -0.25) is 0 Å². The van der Waals surface area contributed by atoms with Gasteiger partial charge in [-0.25, -0.2) is 0 Å². The number of hydrogen-bond acceptors (Lipinski definition) is 1. The molecule has 4 aliphatic carbocycles. The Morgan fingerprint density at radius 3 is 2.78 bits per heavy atom. The highest BCUT2D eigenvalue weighted by Gasteiger charge is 2.70. The maximum absolute atomic E-state index is 6.25. The van der Waals surface area contributed by atoms with E-state index < -0.39 is 0 Å². The molecule has 18 heavy (non-hydrogen) atoms. The fraction of sp³-hybridized carbons (Fsp3) is 0.647. The molecule has 0 N–H and O–H groups in total. The van der Waals surface area contributed by atoms with Gasteiger partial charge >= 0.3 is 0 Å². The average Bonchev–Trinajstić information content (AvgIpc) is 3.15. The molecule has 1 aromatic carbocycles. The van der Waals surface area contributed by atoms with Crippen LogP contribution in [0.3, 0.4) is 0 Å². The first kappa shape index (κ1) is 10.0. The molecule has 3 saturated carbocycles. The van der Waals surface area contributed by atoms with Crippen molar-refractivity contribution in [1.82, 2.24) is 0 Å². The maximum atomic E-state index is 6.25. The Labute approximate surface area is 109 Å². The Kier molecular flexibility index (Phi) is 1.68. The number of ether oxygens (including phenoxy) is 1. The van der Waals surface area contributed by atoms with Crippen molar-refractivity contribution in [2.24, 2.45) is 17.8 Å². The highest BCUT2D eigenvalue weighted by Crippen LogP contribution is 2.74. The minimum absolute atomic E-state index is 0.224. The second-order valence-electron chi connectivity index (χ2n) is 6.88. The molecule has 0 radical (unpaired) electrons. The van der Waals surface area contributed by atoms with Crippen LogP contribution in [0.25, 0.3) is 0 Å². The molecule has 0 heterocycles. The van der Waals surface area contributed by atoms with Gasteiger partial charge in [-0.15, -0.1) is 0 Å². The van der Waals surface area contributed by atoms with Crippen LogP contribution >= 0.6 is 0 Å². The fourth-order valence-electron chi connectivity index (χ4n) is 6.44. The van der Waals surface area contributed by atoms with Gasteiger partial charge in [-0.05, 0) is 60.5 Å². The smallest absolute Gasteiger partial charge is 0.0811 e. The van der Waals surface area contributed by atoms with Crippen LogP contribution in [0.1, 0.15) is 48.6 Å². The molecule has 6 unspecified atom stereocenters. The highest BCUT2D eigenvalue weighted by molar-refractivity contribution is 5.48. The fourth-order valence-corrected chi connectivity index (χ4v) is 6.44. The van der Waals surface area contributed by atoms with Gasteiger partial charge in [0.05, 0.1) is 5.60 Å². The number of benzene rings is 1. The van der Waals surface area contributed by atoms with E-state index in [0.29, 0.717) is 5.92 Å². The van der Waals surface area contributed by atoms with Crippen molar-refractivity contribution < 1.29 is 4.74 Å². The predicted octanol–water partition coefficient (Wildman–Crippen LogP) is 3.70. The SMILES string of the molecule is COC12C3CCC(C3)C1C1CC2c2ccccc21. The standard InChI is InChI=1S/C17H20O/c1-18-17-11-7-6-10(8-11)16(17)14-9-15(17)13-5-3-2-4-12(13)14/h2-5,10-11,14-16H,6-9H2,1H3. The Morgan fingerprint density at radius 1 is 1.11 bits per heavy atom. The quantitative estimate of drug-likeness (QED) is 0.680. The topological polar surface area (TPSA) is 9.23 Å². The Morgan fingerprint density at radius 2 is 1.94 bits per heavy atom. The highest BCUT2D eigenvalue weighted by atomic mass is 16.5. The van der Waals surface area contributed by atoms with Gasteiger partial charge in [0, 0.05) is 13.0 Å². The molecule has 4 bridgehead atoms. The van der Waals surface area contributed by atoms with Crippen molar-refractivity contribution in [2.45, 2.75) is 43.1 Å². The van der Waals surface area contributed by atoms with E-state index in [1.54, 1.807) is 11.1 Å². The molecule has 5 rings (SSSR count). The van der Waals surface area contributed by atoms with Crippen molar-refractivity contribution in [3.05, 3.63) is 35.4 Å². The van der Waals surface area contributed by atoms with Crippen LogP contribution in [0.2, 0.25) is 0 Å². The molecule has 0 aliphatic heterocycles. The summed E-state index contributed by atoms with van der Waals surface area (Å²) < 4.78 is 6.25. The number of rotatable bonds is 1. The average molecular weight is 240 g/mol. The third-order valence-corrected chi connectivity index (χ3v) is 6.73. The monoisotopic (exact) mass is 240 g/mol. The zero-order valence-electron chi connectivity index (χ0n) is 10.9. The largest absolute Gasteiger partial charge is 0.377 e. The van der Waals surface area contributed by atoms with Crippen LogP contribution in [-0.4, -0.2) is 12.7 Å². The molecule has 6 atom stereocenters. The number of methoxy groups -OCH3 is 1. The molecule has 1 nitrogen and oxygen atoms in total. The van der Waals surface area contributed by atoms with Crippen LogP contribution in [0.5, 0.6) is 0 Å². The first-order valence-electron chi connectivity index (χ1n) is 7.50. The summed E-state index contributed by atoms with van der Waals surface area (Å²) in [5.74, 6) is 4.14. The summed E-state index contributed by atoms with van der Waals surface area (Å²) in [6.07, 6.45) is 5.69. The van der Waals surface area contributed by atoms with Gasteiger partial charge in [0.2, 0.25) is 0 Å². The third-order valence-electron chi connectivity index (χ3n) is 6.73. The van der Waals surface area contributed by atoms with Crippen LogP contribution < -0.4 is 0 Å². The normalized spacial score (nSPS) is 50.6. The van der Waals surface area contributed by atoms with E-state index in [-0.39, 0.29) is 5.60 Å². The van der Waals surface area contributed by atoms with Gasteiger partial charge in [0.1, 0.15) is 0 Å². The third kappa shape index (κ3) is 0.843. The van der Waals surface area contributed by atoms with Crippen molar-refractivity contribution in [1.29, 1.82) is 0 Å². The number of hydrogen-bond donors (Lipinski definition) is 0. The predicted molar refractivity (Wildman–Crippen MR) is 70.6 cm³/mol. The maximum Gasteiger partial charge on any atom is 0.0811 e. The minimum atomic E-state index is 0.224. The summed E-state index contributed by atoms with van der Waals surface area (Å²) in [5.41, 5.74) is 3.50. The van der Waals surface area contributed by atoms with Crippen LogP contribution in [-0.2, 0) is 4.74 Å². The molecule has 3 fully saturated rings. The van der Waals surface area contributed by atoms with E-state index in [1.165, 1.54) is 25.7 Å². The van der Waals surface area contributed by atoms with Crippen LogP contribution in [0.15, 0.2) is 24.3 Å². The van der Waals surface area contributed by atoms with Gasteiger partial charge in [0.15, 0.2) is 0 Å². The summed E-state index contributed by atoms with van der Waals surface area (Å²) in [5, 5.41) is 0. The summed E-state index contributed by atoms with van der Waals surface area (Å²) in [7, 11) is 1.98. The molecular weight excluding hydrogens is 220 g/mol. The van der Waals surface area contributed by atoms with E-state index >= 15 is 0 Å².